The van der Waals surface area contributed by atoms with Gasteiger partial charge in [-0.15, -0.1) is 0 Å². The lowest BCUT2D eigenvalue weighted by Crippen LogP contribution is -2.47. The van der Waals surface area contributed by atoms with Gasteiger partial charge < -0.3 is 10.2 Å². The first-order valence-corrected chi connectivity index (χ1v) is 8.44. The van der Waals surface area contributed by atoms with Gasteiger partial charge in [0.25, 0.3) is 0 Å². The van der Waals surface area contributed by atoms with Crippen molar-refractivity contribution in [3.8, 4) is 6.07 Å². The predicted molar refractivity (Wildman–Crippen MR) is 79.6 cm³/mol. The summed E-state index contributed by atoms with van der Waals surface area (Å²) in [6.07, 6.45) is 0.118. The molecule has 1 heterocycles. The Balaban J connectivity index is 2.04. The number of benzene rings is 1. The molecule has 0 aromatic heterocycles. The molecule has 0 aliphatic carbocycles. The molecule has 1 aliphatic rings. The molecule has 1 fully saturated rings. The summed E-state index contributed by atoms with van der Waals surface area (Å²) in [5.74, 6) is -0.0672. The summed E-state index contributed by atoms with van der Waals surface area (Å²) in [5, 5.41) is 11.9. The predicted octanol–water partition coefficient (Wildman–Crippen LogP) is 0.298. The molecule has 1 amide bonds. The lowest BCUT2D eigenvalue weighted by Gasteiger charge is -2.25. The highest BCUT2D eigenvalue weighted by Crippen LogP contribution is 2.16. The fourth-order valence-corrected chi connectivity index (χ4v) is 3.72. The molecule has 6 nitrogen and oxygen atoms in total. The average molecular weight is 307 g/mol. The molecule has 0 saturated carbocycles. The van der Waals surface area contributed by atoms with Crippen molar-refractivity contribution in [3.63, 3.8) is 0 Å². The van der Waals surface area contributed by atoms with E-state index < -0.39 is 9.84 Å². The lowest BCUT2D eigenvalue weighted by atomic mass is 10.1. The summed E-state index contributed by atoms with van der Waals surface area (Å²) in [7, 11) is -1.43. The van der Waals surface area contributed by atoms with Crippen LogP contribution in [-0.4, -0.2) is 45.5 Å². The smallest absolute Gasteiger partial charge is 0.228 e. The molecule has 1 unspecified atom stereocenters. The van der Waals surface area contributed by atoms with Gasteiger partial charge in [0.1, 0.15) is 0 Å². The maximum absolute atomic E-state index is 12.2. The lowest BCUT2D eigenvalue weighted by molar-refractivity contribution is -0.118. The van der Waals surface area contributed by atoms with Crippen molar-refractivity contribution in [2.24, 2.45) is 0 Å². The van der Waals surface area contributed by atoms with E-state index in [0.29, 0.717) is 17.8 Å². The van der Waals surface area contributed by atoms with Crippen LogP contribution in [0.2, 0.25) is 0 Å². The Bertz CT molecular complexity index is 679. The number of hydrogen-bond donors (Lipinski definition) is 1. The third kappa shape index (κ3) is 4.03. The molecule has 1 saturated heterocycles. The highest BCUT2D eigenvalue weighted by Gasteiger charge is 2.27. The molecule has 2 rings (SSSR count). The topological polar surface area (TPSA) is 90.3 Å². The van der Waals surface area contributed by atoms with Gasteiger partial charge in [-0.1, -0.05) is 6.07 Å². The molecule has 0 bridgehead atoms. The molecule has 112 valence electrons. The van der Waals surface area contributed by atoms with Gasteiger partial charge in [-0.05, 0) is 18.2 Å². The van der Waals surface area contributed by atoms with E-state index in [2.05, 4.69) is 5.32 Å². The maximum Gasteiger partial charge on any atom is 0.228 e. The van der Waals surface area contributed by atoms with E-state index in [4.69, 9.17) is 5.26 Å². The van der Waals surface area contributed by atoms with Crippen molar-refractivity contribution in [2.45, 2.75) is 12.5 Å². The fraction of sp³-hybridized carbons (Fsp3) is 0.429. The molecule has 0 radical (unpaired) electrons. The van der Waals surface area contributed by atoms with Gasteiger partial charge in [0.2, 0.25) is 5.91 Å². The van der Waals surface area contributed by atoms with Crippen LogP contribution in [0.5, 0.6) is 0 Å². The molecule has 7 heteroatoms. The van der Waals surface area contributed by atoms with Crippen molar-refractivity contribution in [1.29, 1.82) is 5.26 Å². The molecule has 1 atom stereocenters. The van der Waals surface area contributed by atoms with Crippen LogP contribution in [0.3, 0.4) is 0 Å². The van der Waals surface area contributed by atoms with Crippen molar-refractivity contribution < 1.29 is 13.2 Å². The summed E-state index contributed by atoms with van der Waals surface area (Å²) in [4.78, 5) is 13.7. The summed E-state index contributed by atoms with van der Waals surface area (Å²) in [6, 6.07) is 8.42. The standard InChI is InChI=1S/C14H17N3O3S/c1-17(13-4-2-3-11(7-13)9-15)14(18)8-12-10-21(19,20)6-5-16-12/h2-4,7,12,16H,5-6,8,10H2,1H3. The van der Waals surface area contributed by atoms with Crippen LogP contribution < -0.4 is 10.2 Å². The van der Waals surface area contributed by atoms with Crippen molar-refractivity contribution in [1.82, 2.24) is 5.32 Å². The van der Waals surface area contributed by atoms with E-state index in [-0.39, 0.29) is 29.9 Å². The van der Waals surface area contributed by atoms with Crippen LogP contribution in [-0.2, 0) is 14.6 Å². The Morgan fingerprint density at radius 1 is 1.52 bits per heavy atom. The van der Waals surface area contributed by atoms with Crippen LogP contribution in [0, 0.1) is 11.3 Å². The maximum atomic E-state index is 12.2. The minimum atomic E-state index is -3.05. The highest BCUT2D eigenvalue weighted by molar-refractivity contribution is 7.91. The summed E-state index contributed by atoms with van der Waals surface area (Å²) >= 11 is 0. The quantitative estimate of drug-likeness (QED) is 0.867. The number of carbonyl (C=O) groups excluding carboxylic acids is 1. The van der Waals surface area contributed by atoms with Crippen LogP contribution in [0.15, 0.2) is 24.3 Å². The van der Waals surface area contributed by atoms with E-state index in [1.54, 1.807) is 31.3 Å². The molecule has 0 spiro atoms. The van der Waals surface area contributed by atoms with E-state index >= 15 is 0 Å². The Kier molecular flexibility index (Phi) is 4.60. The van der Waals surface area contributed by atoms with Gasteiger partial charge in [0, 0.05) is 31.7 Å². The van der Waals surface area contributed by atoms with Gasteiger partial charge in [0.05, 0.1) is 23.1 Å². The van der Waals surface area contributed by atoms with Crippen molar-refractivity contribution >= 4 is 21.4 Å². The van der Waals surface area contributed by atoms with E-state index in [1.807, 2.05) is 6.07 Å². The molecule has 1 N–H and O–H groups in total. The molecule has 1 aromatic rings. The van der Waals surface area contributed by atoms with Crippen LogP contribution >= 0.6 is 0 Å². The number of nitriles is 1. The van der Waals surface area contributed by atoms with Gasteiger partial charge in [-0.25, -0.2) is 8.42 Å². The first-order chi connectivity index (χ1) is 9.91. The third-order valence-electron chi connectivity index (χ3n) is 3.46. The molecular formula is C14H17N3O3S. The van der Waals surface area contributed by atoms with Crippen molar-refractivity contribution in [3.05, 3.63) is 29.8 Å². The minimum absolute atomic E-state index is 0.00911. The Labute approximate surface area is 124 Å². The third-order valence-corrected chi connectivity index (χ3v) is 5.20. The first kappa shape index (κ1) is 15.5. The number of nitrogens with one attached hydrogen (secondary N) is 1. The van der Waals surface area contributed by atoms with Crippen LogP contribution in [0.1, 0.15) is 12.0 Å². The SMILES string of the molecule is CN(C(=O)CC1CS(=O)(=O)CCN1)c1cccc(C#N)c1. The zero-order valence-corrected chi connectivity index (χ0v) is 12.6. The second-order valence-electron chi connectivity index (χ2n) is 5.08. The number of amides is 1. The van der Waals surface area contributed by atoms with Gasteiger partial charge in [-0.3, -0.25) is 4.79 Å². The normalized spacial score (nSPS) is 20.5. The van der Waals surface area contributed by atoms with Crippen LogP contribution in [0.4, 0.5) is 5.69 Å². The summed E-state index contributed by atoms with van der Waals surface area (Å²) < 4.78 is 23.1. The monoisotopic (exact) mass is 307 g/mol. The number of sulfone groups is 1. The Hall–Kier alpha value is -1.91. The molecule has 1 aromatic carbocycles. The number of rotatable bonds is 3. The molecular weight excluding hydrogens is 290 g/mol. The first-order valence-electron chi connectivity index (χ1n) is 6.62. The summed E-state index contributed by atoms with van der Waals surface area (Å²) in [6.45, 7) is 0.383. The second-order valence-corrected chi connectivity index (χ2v) is 7.31. The average Bonchev–Trinajstić information content (AvgIpc) is 2.45. The zero-order valence-electron chi connectivity index (χ0n) is 11.7. The zero-order chi connectivity index (χ0) is 15.5. The Morgan fingerprint density at radius 2 is 2.29 bits per heavy atom. The highest BCUT2D eigenvalue weighted by atomic mass is 32.2. The number of hydrogen-bond acceptors (Lipinski definition) is 5. The van der Waals surface area contributed by atoms with Gasteiger partial charge in [-0.2, -0.15) is 5.26 Å². The van der Waals surface area contributed by atoms with Gasteiger partial charge >= 0.3 is 0 Å². The largest absolute Gasteiger partial charge is 0.315 e. The number of nitrogens with zero attached hydrogens (tertiary/aromatic N) is 2. The van der Waals surface area contributed by atoms with Crippen molar-refractivity contribution in [2.75, 3.05) is 30.0 Å². The van der Waals surface area contributed by atoms with E-state index in [9.17, 15) is 13.2 Å². The fourth-order valence-electron chi connectivity index (χ4n) is 2.27. The number of carbonyl (C=O) groups is 1. The second kappa shape index (κ2) is 6.24. The Morgan fingerprint density at radius 3 is 2.95 bits per heavy atom. The molecule has 21 heavy (non-hydrogen) atoms. The van der Waals surface area contributed by atoms with Gasteiger partial charge in [0.15, 0.2) is 9.84 Å². The summed E-state index contributed by atoms with van der Waals surface area (Å²) in [5.41, 5.74) is 1.10. The minimum Gasteiger partial charge on any atom is -0.315 e. The van der Waals surface area contributed by atoms with Crippen LogP contribution in [0.25, 0.3) is 0 Å². The molecule has 1 aliphatic heterocycles. The van der Waals surface area contributed by atoms with E-state index in [1.165, 1.54) is 4.90 Å². The number of anilines is 1. The van der Waals surface area contributed by atoms with E-state index in [0.717, 1.165) is 0 Å².